The lowest BCUT2D eigenvalue weighted by atomic mass is 10.1. The molecule has 2 unspecified atom stereocenters. The SMILES string of the molecule is CNC(C(N)=O)C(C)N.O=Cc1ccc(/C=C/C#CC2=CC=C(F)CC2)cc1. The number of halogens is 1. The van der Waals surface area contributed by atoms with Gasteiger partial charge in [0.1, 0.15) is 18.2 Å². The predicted octanol–water partition coefficient (Wildman–Crippen LogP) is 2.50. The Bertz CT molecular complexity index is 812. The van der Waals surface area contributed by atoms with Crippen molar-refractivity contribution in [2.24, 2.45) is 11.5 Å². The summed E-state index contributed by atoms with van der Waals surface area (Å²) in [6.07, 6.45) is 8.74. The van der Waals surface area contributed by atoms with Gasteiger partial charge in [0, 0.05) is 23.6 Å². The maximum Gasteiger partial charge on any atom is 0.236 e. The van der Waals surface area contributed by atoms with E-state index in [1.807, 2.05) is 18.2 Å². The smallest absolute Gasteiger partial charge is 0.236 e. The number of allylic oxidation sites excluding steroid dienone is 5. The summed E-state index contributed by atoms with van der Waals surface area (Å²) in [4.78, 5) is 21.0. The van der Waals surface area contributed by atoms with Crippen molar-refractivity contribution in [3.05, 3.63) is 65.0 Å². The van der Waals surface area contributed by atoms with Crippen LogP contribution in [0.3, 0.4) is 0 Å². The van der Waals surface area contributed by atoms with Crippen LogP contribution in [0.1, 0.15) is 35.7 Å². The lowest BCUT2D eigenvalue weighted by molar-refractivity contribution is -0.120. The van der Waals surface area contributed by atoms with Crippen molar-refractivity contribution < 1.29 is 14.0 Å². The number of primary amides is 1. The highest BCUT2D eigenvalue weighted by atomic mass is 19.1. The second kappa shape index (κ2) is 12.4. The Morgan fingerprint density at radius 3 is 2.29 bits per heavy atom. The number of carbonyl (C=O) groups excluding carboxylic acids is 2. The van der Waals surface area contributed by atoms with Crippen molar-refractivity contribution in [3.8, 4) is 11.8 Å². The van der Waals surface area contributed by atoms with Crippen LogP contribution in [0.4, 0.5) is 4.39 Å². The number of rotatable bonds is 5. The minimum atomic E-state index is -0.412. The van der Waals surface area contributed by atoms with Crippen LogP contribution >= 0.6 is 0 Å². The van der Waals surface area contributed by atoms with Gasteiger partial charge in [-0.3, -0.25) is 9.59 Å². The van der Waals surface area contributed by atoms with Crippen LogP contribution in [0.25, 0.3) is 6.08 Å². The molecular formula is C22H26FN3O2. The van der Waals surface area contributed by atoms with Gasteiger partial charge in [-0.1, -0.05) is 36.1 Å². The van der Waals surface area contributed by atoms with E-state index < -0.39 is 11.9 Å². The van der Waals surface area contributed by atoms with Gasteiger partial charge in [-0.2, -0.15) is 0 Å². The Morgan fingerprint density at radius 1 is 1.21 bits per heavy atom. The molecule has 2 atom stereocenters. The zero-order valence-electron chi connectivity index (χ0n) is 16.1. The topological polar surface area (TPSA) is 98.2 Å². The van der Waals surface area contributed by atoms with Crippen LogP contribution in [0, 0.1) is 11.8 Å². The molecule has 0 spiro atoms. The minimum Gasteiger partial charge on any atom is -0.368 e. The van der Waals surface area contributed by atoms with Crippen LogP contribution in [-0.4, -0.2) is 31.3 Å². The van der Waals surface area contributed by atoms with Crippen LogP contribution in [0.2, 0.25) is 0 Å². The normalized spacial score (nSPS) is 15.1. The second-order valence-corrected chi connectivity index (χ2v) is 6.22. The van der Waals surface area contributed by atoms with E-state index >= 15 is 0 Å². The standard InChI is InChI=1S/C17H13FO.C5H13N3O/c18-17-11-9-15(10-12-17)4-2-1-3-14-5-7-16(13-19)8-6-14;1-3(6)4(8-2)5(7)9/h1,3,5-9,11,13H,10,12H2;3-4,8H,6H2,1-2H3,(H2,7,9)/b3-1+;. The van der Waals surface area contributed by atoms with Crippen LogP contribution in [0.15, 0.2) is 53.9 Å². The predicted molar refractivity (Wildman–Crippen MR) is 111 cm³/mol. The number of benzene rings is 1. The number of hydrogen-bond donors (Lipinski definition) is 3. The van der Waals surface area contributed by atoms with Crippen LogP contribution in [-0.2, 0) is 4.79 Å². The van der Waals surface area contributed by atoms with Crippen molar-refractivity contribution in [2.45, 2.75) is 31.8 Å². The fourth-order valence-electron chi connectivity index (χ4n) is 2.34. The summed E-state index contributed by atoms with van der Waals surface area (Å²) in [6.45, 7) is 1.73. The molecule has 5 N–H and O–H groups in total. The average molecular weight is 383 g/mol. The highest BCUT2D eigenvalue weighted by Gasteiger charge is 2.16. The van der Waals surface area contributed by atoms with Gasteiger partial charge >= 0.3 is 0 Å². The second-order valence-electron chi connectivity index (χ2n) is 6.22. The summed E-state index contributed by atoms with van der Waals surface area (Å²) in [5, 5.41) is 2.70. The molecule has 0 heterocycles. The van der Waals surface area contributed by atoms with E-state index in [9.17, 15) is 14.0 Å². The lowest BCUT2D eigenvalue weighted by Crippen LogP contribution is -2.50. The van der Waals surface area contributed by atoms with E-state index in [0.717, 1.165) is 17.4 Å². The van der Waals surface area contributed by atoms with E-state index in [-0.39, 0.29) is 11.9 Å². The summed E-state index contributed by atoms with van der Waals surface area (Å²) in [6, 6.07) is 6.60. The number of nitrogens with two attached hydrogens (primary N) is 2. The van der Waals surface area contributed by atoms with Crippen molar-refractivity contribution >= 4 is 18.3 Å². The van der Waals surface area contributed by atoms with E-state index in [4.69, 9.17) is 11.5 Å². The Hall–Kier alpha value is -3.01. The first-order valence-electron chi connectivity index (χ1n) is 8.88. The molecule has 0 aliphatic heterocycles. The number of likely N-dealkylation sites (N-methyl/N-ethyl adjacent to an activating group) is 1. The van der Waals surface area contributed by atoms with Crippen LogP contribution in [0.5, 0.6) is 0 Å². The Labute approximate surface area is 165 Å². The highest BCUT2D eigenvalue weighted by Crippen LogP contribution is 2.18. The third-order valence-electron chi connectivity index (χ3n) is 3.91. The van der Waals surface area contributed by atoms with E-state index in [1.165, 1.54) is 6.08 Å². The molecule has 0 radical (unpaired) electrons. The third-order valence-corrected chi connectivity index (χ3v) is 3.91. The maximum absolute atomic E-state index is 12.8. The molecule has 0 aromatic heterocycles. The lowest BCUT2D eigenvalue weighted by Gasteiger charge is -2.14. The molecule has 0 saturated carbocycles. The quantitative estimate of drug-likeness (QED) is 0.537. The molecule has 1 aliphatic rings. The van der Waals surface area contributed by atoms with E-state index in [1.54, 1.807) is 38.3 Å². The first-order chi connectivity index (χ1) is 13.4. The number of aldehydes is 1. The molecular weight excluding hydrogens is 357 g/mol. The number of amides is 1. The van der Waals surface area contributed by atoms with Gasteiger partial charge in [0.15, 0.2) is 0 Å². The molecule has 0 fully saturated rings. The molecule has 1 aromatic carbocycles. The van der Waals surface area contributed by atoms with Crippen LogP contribution < -0.4 is 16.8 Å². The molecule has 148 valence electrons. The Kier molecular flexibility index (Phi) is 10.2. The molecule has 1 aliphatic carbocycles. The molecule has 1 aromatic rings. The van der Waals surface area contributed by atoms with E-state index in [0.29, 0.717) is 18.4 Å². The molecule has 5 nitrogen and oxygen atoms in total. The zero-order valence-corrected chi connectivity index (χ0v) is 16.1. The van der Waals surface area contributed by atoms with Crippen molar-refractivity contribution in [3.63, 3.8) is 0 Å². The van der Waals surface area contributed by atoms with Gasteiger partial charge in [0.2, 0.25) is 5.91 Å². The van der Waals surface area contributed by atoms with Gasteiger partial charge in [-0.15, -0.1) is 0 Å². The van der Waals surface area contributed by atoms with Gasteiger partial charge in [0.05, 0.1) is 0 Å². The number of nitrogens with one attached hydrogen (secondary N) is 1. The minimum absolute atomic E-state index is 0.0867. The summed E-state index contributed by atoms with van der Waals surface area (Å²) in [5.74, 6) is 5.42. The summed E-state index contributed by atoms with van der Waals surface area (Å²) in [7, 11) is 1.65. The molecule has 2 rings (SSSR count). The van der Waals surface area contributed by atoms with E-state index in [2.05, 4.69) is 17.2 Å². The molecule has 0 saturated heterocycles. The summed E-state index contributed by atoms with van der Waals surface area (Å²) in [5.41, 5.74) is 12.9. The number of carbonyl (C=O) groups is 2. The molecule has 6 heteroatoms. The maximum atomic E-state index is 12.8. The largest absolute Gasteiger partial charge is 0.368 e. The molecule has 28 heavy (non-hydrogen) atoms. The first-order valence-corrected chi connectivity index (χ1v) is 8.88. The fraction of sp³-hybridized carbons (Fsp3) is 0.273. The van der Waals surface area contributed by atoms with Crippen molar-refractivity contribution in [1.29, 1.82) is 0 Å². The molecule has 1 amide bonds. The highest BCUT2D eigenvalue weighted by molar-refractivity contribution is 5.80. The van der Waals surface area contributed by atoms with Gasteiger partial charge in [-0.05, 0) is 50.3 Å². The summed E-state index contributed by atoms with van der Waals surface area (Å²) < 4.78 is 12.8. The Morgan fingerprint density at radius 2 is 1.86 bits per heavy atom. The van der Waals surface area contributed by atoms with Gasteiger partial charge in [-0.25, -0.2) is 4.39 Å². The summed E-state index contributed by atoms with van der Waals surface area (Å²) >= 11 is 0. The van der Waals surface area contributed by atoms with Crippen molar-refractivity contribution in [1.82, 2.24) is 5.32 Å². The average Bonchev–Trinajstić information content (AvgIpc) is 2.67. The molecule has 0 bridgehead atoms. The van der Waals surface area contributed by atoms with Gasteiger partial charge < -0.3 is 16.8 Å². The van der Waals surface area contributed by atoms with Gasteiger partial charge in [0.25, 0.3) is 0 Å². The third kappa shape index (κ3) is 8.58. The first kappa shape index (κ1) is 23.0. The van der Waals surface area contributed by atoms with Crippen molar-refractivity contribution in [2.75, 3.05) is 7.05 Å². The number of hydrogen-bond acceptors (Lipinski definition) is 4. The monoisotopic (exact) mass is 383 g/mol. The fourth-order valence-corrected chi connectivity index (χ4v) is 2.34. The Balaban J connectivity index is 0.000000370. The zero-order chi connectivity index (χ0) is 20.9.